The van der Waals surface area contributed by atoms with E-state index in [1.807, 2.05) is 6.92 Å². The Morgan fingerprint density at radius 2 is 1.73 bits per heavy atom. The van der Waals surface area contributed by atoms with E-state index < -0.39 is 36.0 Å². The number of benzene rings is 1. The molecule has 2 aromatic rings. The zero-order valence-corrected chi connectivity index (χ0v) is 16.7. The first kappa shape index (κ1) is 21.9. The number of aryl methyl sites for hydroxylation is 1. The van der Waals surface area contributed by atoms with Crippen LogP contribution in [0, 0.1) is 12.8 Å². The zero-order chi connectivity index (χ0) is 21.9. The highest BCUT2D eigenvalue weighted by molar-refractivity contribution is 5.93. The monoisotopic (exact) mass is 422 g/mol. The third-order valence-corrected chi connectivity index (χ3v) is 5.84. The summed E-state index contributed by atoms with van der Waals surface area (Å²) in [7, 11) is 0. The molecule has 0 bridgehead atoms. The lowest BCUT2D eigenvalue weighted by molar-refractivity contribution is -0.198. The van der Waals surface area contributed by atoms with Crippen LogP contribution >= 0.6 is 0 Å². The lowest BCUT2D eigenvalue weighted by atomic mass is 9.71. The van der Waals surface area contributed by atoms with Crippen LogP contribution < -0.4 is 5.73 Å². The summed E-state index contributed by atoms with van der Waals surface area (Å²) in [5, 5.41) is 0. The first-order valence-corrected chi connectivity index (χ1v) is 9.95. The molecular weight excluding hydrogens is 397 g/mol. The molecule has 1 atom stereocenters. The fraction of sp³-hybridized carbons (Fsp3) is 0.455. The van der Waals surface area contributed by atoms with Gasteiger partial charge in [0.2, 0.25) is 0 Å². The summed E-state index contributed by atoms with van der Waals surface area (Å²) in [4.78, 5) is 26.2. The molecule has 1 fully saturated rings. The summed E-state index contributed by atoms with van der Waals surface area (Å²) in [6, 6.07) is 9.67. The molecule has 0 radical (unpaired) electrons. The molecule has 1 aliphatic carbocycles. The summed E-state index contributed by atoms with van der Waals surface area (Å²) in [5.74, 6) is -3.74. The van der Waals surface area contributed by atoms with Crippen LogP contribution in [-0.2, 0) is 21.7 Å². The zero-order valence-electron chi connectivity index (χ0n) is 16.7. The van der Waals surface area contributed by atoms with Crippen molar-refractivity contribution in [2.45, 2.75) is 57.3 Å². The molecule has 1 saturated carbocycles. The second kappa shape index (κ2) is 8.53. The molecule has 0 spiro atoms. The van der Waals surface area contributed by atoms with Crippen molar-refractivity contribution in [2.24, 2.45) is 11.7 Å². The van der Waals surface area contributed by atoms with Crippen LogP contribution in [0.3, 0.4) is 0 Å². The van der Waals surface area contributed by atoms with Crippen molar-refractivity contribution < 1.29 is 27.2 Å². The molecule has 3 rings (SSSR count). The van der Waals surface area contributed by atoms with Gasteiger partial charge in [-0.05, 0) is 43.4 Å². The molecule has 30 heavy (non-hydrogen) atoms. The Bertz CT molecular complexity index is 872. The van der Waals surface area contributed by atoms with Gasteiger partial charge in [-0.2, -0.15) is 13.2 Å². The molecule has 1 aliphatic rings. The third-order valence-electron chi connectivity index (χ3n) is 5.84. The SMILES string of the molecule is Cc1ccc(CN(C(=O)C(F)(F)F)C(C(N)=O)(c2ccco2)C2CCCCC2)cc1. The van der Waals surface area contributed by atoms with Gasteiger partial charge >= 0.3 is 12.1 Å². The summed E-state index contributed by atoms with van der Waals surface area (Å²) < 4.78 is 46.5. The van der Waals surface area contributed by atoms with Crippen molar-refractivity contribution in [1.29, 1.82) is 0 Å². The topological polar surface area (TPSA) is 76.5 Å². The van der Waals surface area contributed by atoms with E-state index in [-0.39, 0.29) is 5.76 Å². The van der Waals surface area contributed by atoms with Gasteiger partial charge in [0.05, 0.1) is 6.26 Å². The highest BCUT2D eigenvalue weighted by Crippen LogP contribution is 2.46. The predicted octanol–water partition coefficient (Wildman–Crippen LogP) is 4.44. The smallest absolute Gasteiger partial charge is 0.466 e. The second-order valence-electron chi connectivity index (χ2n) is 7.82. The van der Waals surface area contributed by atoms with Gasteiger partial charge in [-0.15, -0.1) is 0 Å². The summed E-state index contributed by atoms with van der Waals surface area (Å²) >= 11 is 0. The molecule has 1 unspecified atom stereocenters. The lowest BCUT2D eigenvalue weighted by Crippen LogP contribution is -2.63. The number of rotatable bonds is 6. The van der Waals surface area contributed by atoms with Gasteiger partial charge < -0.3 is 15.1 Å². The van der Waals surface area contributed by atoms with E-state index in [1.54, 1.807) is 24.3 Å². The van der Waals surface area contributed by atoms with Gasteiger partial charge in [-0.3, -0.25) is 9.59 Å². The number of hydrogen-bond donors (Lipinski definition) is 1. The molecule has 8 heteroatoms. The Balaban J connectivity index is 2.20. The van der Waals surface area contributed by atoms with E-state index in [0.717, 1.165) is 24.8 Å². The molecule has 2 N–H and O–H groups in total. The Labute approximate surface area is 173 Å². The highest BCUT2D eigenvalue weighted by Gasteiger charge is 2.59. The van der Waals surface area contributed by atoms with Crippen molar-refractivity contribution in [3.8, 4) is 0 Å². The minimum absolute atomic E-state index is 0.0355. The number of halogens is 3. The van der Waals surface area contributed by atoms with E-state index in [0.29, 0.717) is 23.3 Å². The first-order chi connectivity index (χ1) is 14.2. The van der Waals surface area contributed by atoms with Crippen LogP contribution in [-0.4, -0.2) is 22.9 Å². The van der Waals surface area contributed by atoms with Crippen molar-refractivity contribution in [2.75, 3.05) is 0 Å². The first-order valence-electron chi connectivity index (χ1n) is 9.95. The average Bonchev–Trinajstić information content (AvgIpc) is 3.23. The number of alkyl halides is 3. The van der Waals surface area contributed by atoms with Crippen molar-refractivity contribution >= 4 is 11.8 Å². The number of carbonyl (C=O) groups excluding carboxylic acids is 2. The summed E-state index contributed by atoms with van der Waals surface area (Å²) in [6.45, 7) is 1.43. The molecule has 5 nitrogen and oxygen atoms in total. The van der Waals surface area contributed by atoms with E-state index in [4.69, 9.17) is 10.2 Å². The van der Waals surface area contributed by atoms with Crippen molar-refractivity contribution in [3.63, 3.8) is 0 Å². The number of nitrogens with zero attached hydrogens (tertiary/aromatic N) is 1. The quantitative estimate of drug-likeness (QED) is 0.748. The van der Waals surface area contributed by atoms with Gasteiger partial charge in [-0.1, -0.05) is 49.1 Å². The van der Waals surface area contributed by atoms with Crippen LogP contribution in [0.25, 0.3) is 0 Å². The standard InChI is InChI=1S/C22H25F3N2O3/c1-15-9-11-16(12-10-15)14-27(20(29)22(23,24)25)21(19(26)28,18-8-5-13-30-18)17-6-3-2-4-7-17/h5,8-13,17H,2-4,6-7,14H2,1H3,(H2,26,28). The number of primary amides is 1. The molecule has 1 aromatic carbocycles. The molecule has 0 aliphatic heterocycles. The molecule has 0 saturated heterocycles. The number of amides is 2. The Hall–Kier alpha value is -2.77. The fourth-order valence-electron chi connectivity index (χ4n) is 4.41. The molecular formula is C22H25F3N2O3. The van der Waals surface area contributed by atoms with Crippen molar-refractivity contribution in [1.82, 2.24) is 4.90 Å². The van der Waals surface area contributed by atoms with Gasteiger partial charge in [0.15, 0.2) is 5.54 Å². The summed E-state index contributed by atoms with van der Waals surface area (Å²) in [6.07, 6.45) is -0.574. The molecule has 2 amide bonds. The number of carbonyl (C=O) groups is 2. The fourth-order valence-corrected chi connectivity index (χ4v) is 4.41. The molecule has 1 heterocycles. The minimum atomic E-state index is -5.17. The van der Waals surface area contributed by atoms with E-state index in [1.165, 1.54) is 18.4 Å². The predicted molar refractivity (Wildman–Crippen MR) is 104 cm³/mol. The van der Waals surface area contributed by atoms with Crippen LogP contribution in [0.15, 0.2) is 47.1 Å². The van der Waals surface area contributed by atoms with Gasteiger partial charge in [0.1, 0.15) is 5.76 Å². The van der Waals surface area contributed by atoms with E-state index >= 15 is 0 Å². The lowest BCUT2D eigenvalue weighted by Gasteiger charge is -2.46. The van der Waals surface area contributed by atoms with E-state index in [2.05, 4.69) is 0 Å². The Morgan fingerprint density at radius 3 is 2.23 bits per heavy atom. The van der Waals surface area contributed by atoms with Crippen LogP contribution in [0.5, 0.6) is 0 Å². The maximum atomic E-state index is 13.7. The minimum Gasteiger partial charge on any atom is -0.466 e. The second-order valence-corrected chi connectivity index (χ2v) is 7.82. The number of furan rings is 1. The Morgan fingerprint density at radius 1 is 1.10 bits per heavy atom. The van der Waals surface area contributed by atoms with Gasteiger partial charge in [-0.25, -0.2) is 0 Å². The van der Waals surface area contributed by atoms with Crippen LogP contribution in [0.1, 0.15) is 49.0 Å². The van der Waals surface area contributed by atoms with Gasteiger partial charge in [0.25, 0.3) is 5.91 Å². The Kier molecular flexibility index (Phi) is 6.24. The number of hydrogen-bond acceptors (Lipinski definition) is 3. The highest BCUT2D eigenvalue weighted by atomic mass is 19.4. The van der Waals surface area contributed by atoms with Crippen LogP contribution in [0.4, 0.5) is 13.2 Å². The van der Waals surface area contributed by atoms with E-state index in [9.17, 15) is 22.8 Å². The number of nitrogens with two attached hydrogens (primary N) is 1. The third kappa shape index (κ3) is 4.08. The summed E-state index contributed by atoms with van der Waals surface area (Å²) in [5.41, 5.74) is 5.15. The maximum Gasteiger partial charge on any atom is 0.471 e. The largest absolute Gasteiger partial charge is 0.471 e. The van der Waals surface area contributed by atoms with Gasteiger partial charge in [0, 0.05) is 6.54 Å². The van der Waals surface area contributed by atoms with Crippen LogP contribution in [0.2, 0.25) is 0 Å². The molecule has 1 aromatic heterocycles. The normalized spacial score (nSPS) is 17.3. The molecule has 162 valence electrons. The average molecular weight is 422 g/mol. The maximum absolute atomic E-state index is 13.7. The van der Waals surface area contributed by atoms with Crippen molar-refractivity contribution in [3.05, 3.63) is 59.5 Å².